The zero-order chi connectivity index (χ0) is 20.4. The van der Waals surface area contributed by atoms with Gasteiger partial charge in [-0.2, -0.15) is 4.31 Å². The van der Waals surface area contributed by atoms with E-state index in [1.807, 2.05) is 30.3 Å². The molecule has 0 spiro atoms. The van der Waals surface area contributed by atoms with Gasteiger partial charge in [0.2, 0.25) is 11.8 Å². The lowest BCUT2D eigenvalue weighted by Gasteiger charge is -2.16. The van der Waals surface area contributed by atoms with Crippen molar-refractivity contribution in [3.8, 4) is 0 Å². The van der Waals surface area contributed by atoms with Gasteiger partial charge in [-0.25, -0.2) is 8.42 Å². The van der Waals surface area contributed by atoms with Gasteiger partial charge >= 0.3 is 0 Å². The van der Waals surface area contributed by atoms with Crippen molar-refractivity contribution in [2.45, 2.75) is 30.0 Å². The molecular weight excluding hydrogens is 410 g/mol. The van der Waals surface area contributed by atoms with Crippen LogP contribution in [0.2, 0.25) is 0 Å². The van der Waals surface area contributed by atoms with E-state index in [1.165, 1.54) is 15.6 Å². The van der Waals surface area contributed by atoms with Crippen molar-refractivity contribution < 1.29 is 18.0 Å². The lowest BCUT2D eigenvalue weighted by molar-refractivity contribution is -0.126. The van der Waals surface area contributed by atoms with Crippen LogP contribution in [0.15, 0.2) is 46.7 Å². The summed E-state index contributed by atoms with van der Waals surface area (Å²) in [5.74, 6) is -0.656. The Kier molecular flexibility index (Phi) is 5.71. The third kappa shape index (κ3) is 4.22. The number of carbonyl (C=O) groups excluding carboxylic acids is 2. The highest BCUT2D eigenvalue weighted by atomic mass is 32.2. The Morgan fingerprint density at radius 1 is 1.10 bits per heavy atom. The predicted octanol–water partition coefficient (Wildman–Crippen LogP) is 2.20. The molecule has 7 nitrogen and oxygen atoms in total. The minimum Gasteiger partial charge on any atom is -0.351 e. The number of amides is 2. The van der Waals surface area contributed by atoms with E-state index in [4.69, 9.17) is 0 Å². The maximum atomic E-state index is 12.6. The van der Waals surface area contributed by atoms with Gasteiger partial charge in [-0.15, -0.1) is 11.3 Å². The van der Waals surface area contributed by atoms with Crippen molar-refractivity contribution in [1.29, 1.82) is 0 Å². The molecule has 29 heavy (non-hydrogen) atoms. The molecule has 2 amide bonds. The van der Waals surface area contributed by atoms with Gasteiger partial charge in [0.05, 0.1) is 12.5 Å². The van der Waals surface area contributed by atoms with Crippen molar-refractivity contribution >= 4 is 38.9 Å². The number of para-hydroxylation sites is 1. The summed E-state index contributed by atoms with van der Waals surface area (Å²) in [6.45, 7) is 1.75. The number of nitrogens with one attached hydrogen (secondary N) is 1. The molecule has 0 saturated carbocycles. The van der Waals surface area contributed by atoms with Crippen molar-refractivity contribution in [2.75, 3.05) is 24.5 Å². The van der Waals surface area contributed by atoms with Crippen LogP contribution < -0.4 is 10.2 Å². The van der Waals surface area contributed by atoms with Crippen molar-refractivity contribution in [1.82, 2.24) is 9.62 Å². The standard InChI is InChI=1S/C20H23N3O4S2/c24-18-12-15(14-23(18)16-6-2-1-3-7-16)20(25)21-13-17-8-9-19(28-17)29(26,27)22-10-4-5-11-22/h1-3,6-9,15H,4-5,10-14H2,(H,21,25). The van der Waals surface area contributed by atoms with E-state index >= 15 is 0 Å². The van der Waals surface area contributed by atoms with E-state index in [0.717, 1.165) is 23.4 Å². The van der Waals surface area contributed by atoms with Gasteiger partial charge in [0.15, 0.2) is 0 Å². The van der Waals surface area contributed by atoms with E-state index in [9.17, 15) is 18.0 Å². The summed E-state index contributed by atoms with van der Waals surface area (Å²) in [5, 5.41) is 2.85. The van der Waals surface area contributed by atoms with Crippen molar-refractivity contribution in [3.63, 3.8) is 0 Å². The maximum absolute atomic E-state index is 12.6. The smallest absolute Gasteiger partial charge is 0.252 e. The molecule has 0 aliphatic carbocycles. The Morgan fingerprint density at radius 3 is 2.55 bits per heavy atom. The summed E-state index contributed by atoms with van der Waals surface area (Å²) in [6.07, 6.45) is 1.97. The Balaban J connectivity index is 1.35. The lowest BCUT2D eigenvalue weighted by atomic mass is 10.1. The minimum absolute atomic E-state index is 0.0635. The number of hydrogen-bond acceptors (Lipinski definition) is 5. The van der Waals surface area contributed by atoms with Gasteiger partial charge in [-0.1, -0.05) is 18.2 Å². The highest BCUT2D eigenvalue weighted by molar-refractivity contribution is 7.91. The highest BCUT2D eigenvalue weighted by Crippen LogP contribution is 2.28. The van der Waals surface area contributed by atoms with Crippen LogP contribution in [-0.2, 0) is 26.2 Å². The number of rotatable bonds is 6. The molecule has 1 aromatic carbocycles. The highest BCUT2D eigenvalue weighted by Gasteiger charge is 2.35. The lowest BCUT2D eigenvalue weighted by Crippen LogP contribution is -2.32. The van der Waals surface area contributed by atoms with Crippen LogP contribution in [0, 0.1) is 5.92 Å². The SMILES string of the molecule is O=C(NCc1ccc(S(=O)(=O)N2CCCC2)s1)C1CC(=O)N(c2ccccc2)C1. The first-order valence-electron chi connectivity index (χ1n) is 9.67. The maximum Gasteiger partial charge on any atom is 0.252 e. The summed E-state index contributed by atoms with van der Waals surface area (Å²) in [4.78, 5) is 27.2. The monoisotopic (exact) mass is 433 g/mol. The molecule has 2 fully saturated rings. The van der Waals surface area contributed by atoms with E-state index in [1.54, 1.807) is 17.0 Å². The van der Waals surface area contributed by atoms with Gasteiger partial charge in [0.1, 0.15) is 4.21 Å². The number of carbonyl (C=O) groups is 2. The Labute approximate surface area is 174 Å². The topological polar surface area (TPSA) is 86.8 Å². The second-order valence-electron chi connectivity index (χ2n) is 7.29. The number of sulfonamides is 1. The van der Waals surface area contributed by atoms with Gasteiger partial charge in [0, 0.05) is 36.6 Å². The zero-order valence-electron chi connectivity index (χ0n) is 15.9. The van der Waals surface area contributed by atoms with E-state index in [-0.39, 0.29) is 24.8 Å². The number of nitrogens with zero attached hydrogens (tertiary/aromatic N) is 2. The molecule has 2 saturated heterocycles. The summed E-state index contributed by atoms with van der Waals surface area (Å²) >= 11 is 1.19. The fourth-order valence-corrected chi connectivity index (χ4v) is 6.67. The summed E-state index contributed by atoms with van der Waals surface area (Å²) in [5.41, 5.74) is 0.794. The van der Waals surface area contributed by atoms with Crippen LogP contribution >= 0.6 is 11.3 Å². The van der Waals surface area contributed by atoms with Crippen LogP contribution in [0.5, 0.6) is 0 Å². The summed E-state index contributed by atoms with van der Waals surface area (Å²) in [6, 6.07) is 12.7. The van der Waals surface area contributed by atoms with Gasteiger partial charge in [-0.05, 0) is 37.1 Å². The molecule has 0 radical (unpaired) electrons. The number of thiophene rings is 1. The molecule has 2 aliphatic heterocycles. The summed E-state index contributed by atoms with van der Waals surface area (Å²) < 4.78 is 27.0. The predicted molar refractivity (Wildman–Crippen MR) is 111 cm³/mol. The average molecular weight is 434 g/mol. The van der Waals surface area contributed by atoms with E-state index < -0.39 is 15.9 Å². The fraction of sp³-hybridized carbons (Fsp3) is 0.400. The zero-order valence-corrected chi connectivity index (χ0v) is 17.5. The Hall–Kier alpha value is -2.23. The quantitative estimate of drug-likeness (QED) is 0.757. The molecule has 2 aromatic rings. The molecule has 2 aliphatic rings. The van der Waals surface area contributed by atoms with Crippen LogP contribution in [-0.4, -0.2) is 44.2 Å². The first kappa shape index (κ1) is 20.1. The van der Waals surface area contributed by atoms with Crippen LogP contribution in [0.25, 0.3) is 0 Å². The molecule has 1 aromatic heterocycles. The van der Waals surface area contributed by atoms with E-state index in [0.29, 0.717) is 23.8 Å². The Bertz CT molecular complexity index is 998. The fourth-order valence-electron chi connectivity index (χ4n) is 3.71. The molecule has 154 valence electrons. The van der Waals surface area contributed by atoms with Gasteiger partial charge < -0.3 is 10.2 Å². The third-order valence-corrected chi connectivity index (χ3v) is 8.75. The molecule has 1 N–H and O–H groups in total. The van der Waals surface area contributed by atoms with E-state index in [2.05, 4.69) is 5.32 Å². The molecule has 0 bridgehead atoms. The third-order valence-electron chi connectivity index (χ3n) is 5.30. The number of benzene rings is 1. The van der Waals surface area contributed by atoms with Crippen LogP contribution in [0.3, 0.4) is 0 Å². The largest absolute Gasteiger partial charge is 0.351 e. The van der Waals surface area contributed by atoms with Crippen molar-refractivity contribution in [2.24, 2.45) is 5.92 Å². The molecular formula is C20H23N3O4S2. The Morgan fingerprint density at radius 2 is 1.83 bits per heavy atom. The number of hydrogen-bond donors (Lipinski definition) is 1. The molecule has 9 heteroatoms. The van der Waals surface area contributed by atoms with Gasteiger partial charge in [-0.3, -0.25) is 9.59 Å². The number of anilines is 1. The normalized spacial score (nSPS) is 20.3. The van der Waals surface area contributed by atoms with Crippen LogP contribution in [0.4, 0.5) is 5.69 Å². The van der Waals surface area contributed by atoms with Crippen LogP contribution in [0.1, 0.15) is 24.1 Å². The summed E-state index contributed by atoms with van der Waals surface area (Å²) in [7, 11) is -3.43. The van der Waals surface area contributed by atoms with Gasteiger partial charge in [0.25, 0.3) is 10.0 Å². The molecule has 1 unspecified atom stereocenters. The van der Waals surface area contributed by atoms with Crippen molar-refractivity contribution in [3.05, 3.63) is 47.3 Å². The molecule has 4 rings (SSSR count). The average Bonchev–Trinajstić information content (AvgIpc) is 3.47. The molecule has 3 heterocycles. The first-order chi connectivity index (χ1) is 13.9. The second kappa shape index (κ2) is 8.25. The minimum atomic E-state index is -3.43. The molecule has 1 atom stereocenters. The second-order valence-corrected chi connectivity index (χ2v) is 10.6. The first-order valence-corrected chi connectivity index (χ1v) is 11.9.